The van der Waals surface area contributed by atoms with Crippen LogP contribution in [0, 0.1) is 20.8 Å². The number of nitrogens with one attached hydrogen (secondary N) is 1. The molecule has 9 heteroatoms. The average molecular weight is 498 g/mol. The van der Waals surface area contributed by atoms with Gasteiger partial charge in [0.1, 0.15) is 15.0 Å². The van der Waals surface area contributed by atoms with Crippen molar-refractivity contribution < 1.29 is 17.4 Å². The zero-order chi connectivity index (χ0) is 20.6. The molecule has 1 amide bonds. The molecule has 5 nitrogen and oxygen atoms in total. The molecule has 0 atom stereocenters. The number of rotatable bonds is 4. The Hall–Kier alpha value is -1.68. The van der Waals surface area contributed by atoms with Gasteiger partial charge in [0.15, 0.2) is 0 Å². The van der Waals surface area contributed by atoms with Crippen LogP contribution in [0.2, 0.25) is 0 Å². The van der Waals surface area contributed by atoms with Crippen molar-refractivity contribution in [2.45, 2.75) is 25.7 Å². The van der Waals surface area contributed by atoms with Crippen molar-refractivity contribution in [3.63, 3.8) is 0 Å². The van der Waals surface area contributed by atoms with Gasteiger partial charge in [-0.25, -0.2) is 0 Å². The number of halogens is 1. The minimum absolute atomic E-state index is 0.126. The lowest BCUT2D eigenvalue weighted by molar-refractivity contribution is -0.115. The maximum absolute atomic E-state index is 13.0. The highest BCUT2D eigenvalue weighted by Gasteiger charge is 2.25. The highest BCUT2D eigenvalue weighted by molar-refractivity contribution is 9.10. The molecule has 0 aromatic heterocycles. The van der Waals surface area contributed by atoms with Crippen molar-refractivity contribution >= 4 is 66.3 Å². The molecule has 0 aliphatic carbocycles. The molecule has 2 aromatic rings. The van der Waals surface area contributed by atoms with Gasteiger partial charge in [-0.3, -0.25) is 4.79 Å². The van der Waals surface area contributed by atoms with Gasteiger partial charge >= 0.3 is 10.1 Å². The zero-order valence-corrected chi connectivity index (χ0v) is 19.2. The van der Waals surface area contributed by atoms with Gasteiger partial charge < -0.3 is 9.50 Å². The topological polar surface area (TPSA) is 72.5 Å². The Balaban J connectivity index is 2.05. The molecule has 3 rings (SSSR count). The summed E-state index contributed by atoms with van der Waals surface area (Å²) in [6.07, 6.45) is 1.56. The number of hydrogen-bond donors (Lipinski definition) is 1. The summed E-state index contributed by atoms with van der Waals surface area (Å²) in [7, 11) is -4.06. The van der Waals surface area contributed by atoms with Crippen LogP contribution in [0.5, 0.6) is 5.75 Å². The molecular formula is C19H16BrNO4S3. The van der Waals surface area contributed by atoms with E-state index < -0.39 is 10.1 Å². The second kappa shape index (κ2) is 7.98. The maximum atomic E-state index is 13.0. The number of hydrogen-bond acceptors (Lipinski definition) is 6. The van der Waals surface area contributed by atoms with Crippen LogP contribution in [0.4, 0.5) is 0 Å². The fraction of sp³-hybridized carbons (Fsp3) is 0.158. The van der Waals surface area contributed by atoms with Gasteiger partial charge in [-0.2, -0.15) is 8.42 Å². The Morgan fingerprint density at radius 1 is 1.14 bits per heavy atom. The second-order valence-electron chi connectivity index (χ2n) is 6.30. The summed E-state index contributed by atoms with van der Waals surface area (Å²) >= 11 is 9.47. The molecule has 0 saturated carbocycles. The van der Waals surface area contributed by atoms with Gasteiger partial charge in [0.25, 0.3) is 5.91 Å². The largest absolute Gasteiger partial charge is 0.378 e. The quantitative estimate of drug-likeness (QED) is 0.377. The van der Waals surface area contributed by atoms with Gasteiger partial charge in [0, 0.05) is 10.0 Å². The lowest BCUT2D eigenvalue weighted by Gasteiger charge is -2.14. The average Bonchev–Trinajstić information content (AvgIpc) is 2.86. The van der Waals surface area contributed by atoms with Crippen LogP contribution in [0.25, 0.3) is 6.08 Å². The molecule has 1 N–H and O–H groups in total. The van der Waals surface area contributed by atoms with Gasteiger partial charge in [-0.15, -0.1) is 0 Å². The minimum Gasteiger partial charge on any atom is -0.378 e. The van der Waals surface area contributed by atoms with Gasteiger partial charge in [0.05, 0.1) is 4.91 Å². The van der Waals surface area contributed by atoms with Gasteiger partial charge in [0.2, 0.25) is 0 Å². The third kappa shape index (κ3) is 4.48. The number of carbonyl (C=O) groups excluding carboxylic acids is 1. The molecule has 0 radical (unpaired) electrons. The molecule has 1 fully saturated rings. The first-order chi connectivity index (χ1) is 13.1. The first-order valence-corrected chi connectivity index (χ1v) is 11.6. The van der Waals surface area contributed by atoms with Crippen molar-refractivity contribution in [1.29, 1.82) is 0 Å². The molecule has 0 spiro atoms. The number of carbonyl (C=O) groups is 1. The lowest BCUT2D eigenvalue weighted by Crippen LogP contribution is -2.17. The van der Waals surface area contributed by atoms with Crippen LogP contribution in [0.3, 0.4) is 0 Å². The summed E-state index contributed by atoms with van der Waals surface area (Å²) in [4.78, 5) is 12.5. The first-order valence-electron chi connectivity index (χ1n) is 8.13. The van der Waals surface area contributed by atoms with Gasteiger partial charge in [-0.05, 0) is 56.2 Å². The summed E-state index contributed by atoms with van der Waals surface area (Å²) in [6, 6.07) is 8.50. The summed E-state index contributed by atoms with van der Waals surface area (Å²) in [5.41, 5.74) is 2.65. The Kier molecular flexibility index (Phi) is 6.00. The summed E-state index contributed by atoms with van der Waals surface area (Å²) in [5, 5.41) is 2.53. The van der Waals surface area contributed by atoms with E-state index in [9.17, 15) is 13.2 Å². The van der Waals surface area contributed by atoms with Crippen LogP contribution in [-0.2, 0) is 14.9 Å². The summed E-state index contributed by atoms with van der Waals surface area (Å²) in [6.45, 7) is 5.38. The van der Waals surface area contributed by atoms with Crippen LogP contribution in [-0.4, -0.2) is 18.6 Å². The summed E-state index contributed by atoms with van der Waals surface area (Å²) < 4.78 is 32.5. The number of thiocarbonyl (C=S) groups is 1. The van der Waals surface area contributed by atoms with E-state index in [-0.39, 0.29) is 16.6 Å². The third-order valence-electron chi connectivity index (χ3n) is 3.95. The van der Waals surface area contributed by atoms with Crippen LogP contribution in [0.15, 0.2) is 44.6 Å². The minimum atomic E-state index is -4.06. The molecular weight excluding hydrogens is 482 g/mol. The number of benzene rings is 2. The van der Waals surface area contributed by atoms with E-state index in [1.807, 2.05) is 6.92 Å². The van der Waals surface area contributed by atoms with E-state index in [0.29, 0.717) is 25.9 Å². The Morgan fingerprint density at radius 3 is 2.36 bits per heavy atom. The van der Waals surface area contributed by atoms with Gasteiger partial charge in [-0.1, -0.05) is 57.6 Å². The van der Waals surface area contributed by atoms with Crippen molar-refractivity contribution in [1.82, 2.24) is 5.32 Å². The van der Waals surface area contributed by atoms with E-state index in [1.54, 1.807) is 50.3 Å². The van der Waals surface area contributed by atoms with Crippen molar-refractivity contribution in [2.24, 2.45) is 0 Å². The van der Waals surface area contributed by atoms with E-state index in [1.165, 1.54) is 0 Å². The fourth-order valence-electron chi connectivity index (χ4n) is 2.99. The molecule has 1 saturated heterocycles. The molecule has 0 unspecified atom stereocenters. The van der Waals surface area contributed by atoms with E-state index in [0.717, 1.165) is 21.8 Å². The molecule has 1 heterocycles. The molecule has 28 heavy (non-hydrogen) atoms. The molecule has 2 aromatic carbocycles. The van der Waals surface area contributed by atoms with Crippen LogP contribution in [0.1, 0.15) is 22.3 Å². The van der Waals surface area contributed by atoms with Crippen LogP contribution < -0.4 is 9.50 Å². The number of thioether (sulfide) groups is 1. The fourth-order valence-corrected chi connectivity index (χ4v) is 5.78. The monoisotopic (exact) mass is 497 g/mol. The predicted molar refractivity (Wildman–Crippen MR) is 119 cm³/mol. The predicted octanol–water partition coefficient (Wildman–Crippen LogP) is 4.63. The Bertz CT molecular complexity index is 1120. The van der Waals surface area contributed by atoms with Crippen molar-refractivity contribution in [3.05, 3.63) is 62.0 Å². The van der Waals surface area contributed by atoms with Crippen molar-refractivity contribution in [2.75, 3.05) is 0 Å². The van der Waals surface area contributed by atoms with E-state index >= 15 is 0 Å². The molecule has 1 aliphatic heterocycles. The maximum Gasteiger partial charge on any atom is 0.339 e. The molecule has 146 valence electrons. The highest BCUT2D eigenvalue weighted by atomic mass is 79.9. The molecule has 0 bridgehead atoms. The second-order valence-corrected chi connectivity index (χ2v) is 10.4. The SMILES string of the molecule is Cc1cc(C)c(S(=O)(=O)Oc2ccc(Br)cc2C=C2SC(=S)NC2=O)c(C)c1. The van der Waals surface area contributed by atoms with E-state index in [4.69, 9.17) is 16.4 Å². The Labute approximate surface area is 181 Å². The zero-order valence-electron chi connectivity index (χ0n) is 15.2. The first kappa shape index (κ1) is 21.0. The summed E-state index contributed by atoms with van der Waals surface area (Å²) in [5.74, 6) is -0.199. The Morgan fingerprint density at radius 2 is 1.79 bits per heavy atom. The standard InChI is InChI=1S/C19H16BrNO4S3/c1-10-6-11(2)17(12(3)7-10)28(23,24)25-15-5-4-14(20)8-13(15)9-16-18(22)21-19(26)27-16/h4-9H,1-3H3,(H,21,22,26). The lowest BCUT2D eigenvalue weighted by atomic mass is 10.1. The van der Waals surface area contributed by atoms with Crippen molar-refractivity contribution in [3.8, 4) is 5.75 Å². The number of aryl methyl sites for hydroxylation is 3. The number of amides is 1. The third-order valence-corrected chi connectivity index (χ3v) is 7.15. The van der Waals surface area contributed by atoms with E-state index in [2.05, 4.69) is 21.2 Å². The molecule has 1 aliphatic rings. The highest BCUT2D eigenvalue weighted by Crippen LogP contribution is 2.33. The normalized spacial score (nSPS) is 15.8. The smallest absolute Gasteiger partial charge is 0.339 e. The van der Waals surface area contributed by atoms with Crippen LogP contribution >= 0.6 is 39.9 Å².